The van der Waals surface area contributed by atoms with Gasteiger partial charge in [-0.15, -0.1) is 11.3 Å². The van der Waals surface area contributed by atoms with Crippen LogP contribution < -0.4 is 5.32 Å². The number of anilines is 1. The van der Waals surface area contributed by atoms with E-state index in [-0.39, 0.29) is 10.4 Å². The number of hydrogen-bond acceptors (Lipinski definition) is 2. The zero-order chi connectivity index (χ0) is 18.0. The zero-order valence-electron chi connectivity index (χ0n) is 12.6. The van der Waals surface area contributed by atoms with Gasteiger partial charge in [0.05, 0.1) is 4.88 Å². The van der Waals surface area contributed by atoms with Crippen LogP contribution in [0.3, 0.4) is 0 Å². The molecule has 0 aliphatic heterocycles. The van der Waals surface area contributed by atoms with E-state index in [1.807, 2.05) is 0 Å². The molecule has 0 spiro atoms. The molecule has 7 heteroatoms. The van der Waals surface area contributed by atoms with Crippen LogP contribution in [-0.2, 0) is 6.18 Å². The van der Waals surface area contributed by atoms with Crippen molar-refractivity contribution in [3.63, 3.8) is 0 Å². The van der Waals surface area contributed by atoms with E-state index in [1.165, 1.54) is 6.07 Å². The van der Waals surface area contributed by atoms with Crippen molar-refractivity contribution in [2.24, 2.45) is 0 Å². The molecule has 128 valence electrons. The van der Waals surface area contributed by atoms with Crippen LogP contribution in [0.4, 0.5) is 18.9 Å². The minimum atomic E-state index is -4.53. The molecule has 0 radical (unpaired) electrons. The molecule has 0 saturated heterocycles. The summed E-state index contributed by atoms with van der Waals surface area (Å²) in [5.74, 6) is -0.597. The summed E-state index contributed by atoms with van der Waals surface area (Å²) in [6.45, 7) is 0. The van der Waals surface area contributed by atoms with Crippen LogP contribution in [0.25, 0.3) is 11.1 Å². The van der Waals surface area contributed by atoms with Crippen LogP contribution in [0.2, 0.25) is 5.02 Å². The second kappa shape index (κ2) is 6.90. The number of rotatable bonds is 3. The Bertz CT molecular complexity index is 889. The van der Waals surface area contributed by atoms with Crippen molar-refractivity contribution in [1.29, 1.82) is 0 Å². The Morgan fingerprint density at radius 1 is 1.00 bits per heavy atom. The Morgan fingerprint density at radius 2 is 1.64 bits per heavy atom. The third-order valence-electron chi connectivity index (χ3n) is 3.40. The Morgan fingerprint density at radius 3 is 2.24 bits per heavy atom. The number of carbonyl (C=O) groups is 1. The van der Waals surface area contributed by atoms with Gasteiger partial charge in [-0.1, -0.05) is 41.9 Å². The van der Waals surface area contributed by atoms with Crippen LogP contribution in [0.1, 0.15) is 14.5 Å². The molecule has 1 aromatic heterocycles. The fourth-order valence-corrected chi connectivity index (χ4v) is 3.34. The van der Waals surface area contributed by atoms with Crippen molar-refractivity contribution in [2.75, 3.05) is 5.32 Å². The molecular weight excluding hydrogens is 371 g/mol. The van der Waals surface area contributed by atoms with Crippen molar-refractivity contribution in [3.05, 3.63) is 75.4 Å². The first-order chi connectivity index (χ1) is 11.8. The van der Waals surface area contributed by atoms with Crippen molar-refractivity contribution in [2.45, 2.75) is 6.18 Å². The van der Waals surface area contributed by atoms with Gasteiger partial charge in [0.15, 0.2) is 0 Å². The number of hydrogen-bond donors (Lipinski definition) is 1. The third-order valence-corrected chi connectivity index (χ3v) is 4.83. The maximum atomic E-state index is 13.3. The number of alkyl halides is 3. The first-order valence-electron chi connectivity index (χ1n) is 7.18. The van der Waals surface area contributed by atoms with Crippen molar-refractivity contribution >= 4 is 34.5 Å². The Balaban J connectivity index is 1.95. The van der Waals surface area contributed by atoms with E-state index >= 15 is 0 Å². The summed E-state index contributed by atoms with van der Waals surface area (Å²) in [5, 5.41) is 3.07. The van der Waals surface area contributed by atoms with Crippen LogP contribution in [-0.4, -0.2) is 5.91 Å². The summed E-state index contributed by atoms with van der Waals surface area (Å²) in [4.78, 5) is 11.5. The molecule has 0 unspecified atom stereocenters. The lowest BCUT2D eigenvalue weighted by Gasteiger charge is -2.07. The van der Waals surface area contributed by atoms with E-state index in [0.29, 0.717) is 27.6 Å². The smallest absolute Gasteiger partial charge is 0.321 e. The summed E-state index contributed by atoms with van der Waals surface area (Å²) in [7, 11) is 0. The van der Waals surface area contributed by atoms with Gasteiger partial charge in [0.2, 0.25) is 0 Å². The lowest BCUT2D eigenvalue weighted by Crippen LogP contribution is -2.09. The van der Waals surface area contributed by atoms with Gasteiger partial charge in [0, 0.05) is 16.3 Å². The molecule has 2 nitrogen and oxygen atoms in total. The molecule has 25 heavy (non-hydrogen) atoms. The summed E-state index contributed by atoms with van der Waals surface area (Å²) >= 11 is 6.20. The van der Waals surface area contributed by atoms with E-state index in [2.05, 4.69) is 5.32 Å². The van der Waals surface area contributed by atoms with Crippen LogP contribution in [0, 0.1) is 0 Å². The maximum absolute atomic E-state index is 13.3. The Hall–Kier alpha value is -2.31. The number of halogens is 4. The average molecular weight is 382 g/mol. The Labute approximate surface area is 150 Å². The topological polar surface area (TPSA) is 29.1 Å². The lowest BCUT2D eigenvalue weighted by atomic mass is 10.1. The number of thiophene rings is 1. The van der Waals surface area contributed by atoms with Gasteiger partial charge in [0.1, 0.15) is 4.88 Å². The van der Waals surface area contributed by atoms with Gasteiger partial charge in [-0.05, 0) is 35.9 Å². The molecule has 0 atom stereocenters. The fourth-order valence-electron chi connectivity index (χ4n) is 2.27. The molecule has 3 rings (SSSR count). The first-order valence-corrected chi connectivity index (χ1v) is 8.37. The summed E-state index contributed by atoms with van der Waals surface area (Å²) < 4.78 is 40.0. The van der Waals surface area contributed by atoms with Crippen LogP contribution in [0.5, 0.6) is 0 Å². The van der Waals surface area contributed by atoms with Crippen molar-refractivity contribution in [1.82, 2.24) is 0 Å². The van der Waals surface area contributed by atoms with E-state index in [4.69, 9.17) is 11.6 Å². The van der Waals surface area contributed by atoms with Crippen molar-refractivity contribution < 1.29 is 18.0 Å². The first kappa shape index (κ1) is 17.5. The molecule has 1 heterocycles. The highest BCUT2D eigenvalue weighted by atomic mass is 35.5. The van der Waals surface area contributed by atoms with Gasteiger partial charge in [-0.2, -0.15) is 13.2 Å². The summed E-state index contributed by atoms with van der Waals surface area (Å²) in [6.07, 6.45) is -4.53. The van der Waals surface area contributed by atoms with E-state index in [9.17, 15) is 18.0 Å². The second-order valence-corrected chi connectivity index (χ2v) is 6.67. The normalized spacial score (nSPS) is 11.4. The zero-order valence-corrected chi connectivity index (χ0v) is 14.2. The number of nitrogens with one attached hydrogen (secondary N) is 1. The minimum absolute atomic E-state index is 0.000596. The average Bonchev–Trinajstić information content (AvgIpc) is 3.04. The molecule has 1 N–H and O–H groups in total. The predicted molar refractivity (Wildman–Crippen MR) is 94.2 cm³/mol. The SMILES string of the molecule is O=C(Nc1ccc(Cl)cc1)c1cc(-c2ccccc2)c(C(F)(F)F)s1. The lowest BCUT2D eigenvalue weighted by molar-refractivity contribution is -0.133. The molecular formula is C18H11ClF3NOS. The number of amides is 1. The van der Waals surface area contributed by atoms with E-state index in [1.54, 1.807) is 54.6 Å². The molecule has 0 saturated carbocycles. The van der Waals surface area contributed by atoms with E-state index in [0.717, 1.165) is 0 Å². The van der Waals surface area contributed by atoms with Gasteiger partial charge in [-0.3, -0.25) is 4.79 Å². The van der Waals surface area contributed by atoms with Crippen LogP contribution >= 0.6 is 22.9 Å². The number of carbonyl (C=O) groups excluding carboxylic acids is 1. The summed E-state index contributed by atoms with van der Waals surface area (Å²) in [5.41, 5.74) is 0.869. The minimum Gasteiger partial charge on any atom is -0.321 e. The van der Waals surface area contributed by atoms with Gasteiger partial charge in [-0.25, -0.2) is 0 Å². The summed E-state index contributed by atoms with van der Waals surface area (Å²) in [6, 6.07) is 15.8. The second-order valence-electron chi connectivity index (χ2n) is 5.18. The number of benzene rings is 2. The van der Waals surface area contributed by atoms with Gasteiger partial charge < -0.3 is 5.32 Å². The Kier molecular flexibility index (Phi) is 4.83. The standard InChI is InChI=1S/C18H11ClF3NOS/c19-12-6-8-13(9-7-12)23-17(24)15-10-14(11-4-2-1-3-5-11)16(25-15)18(20,21)22/h1-10H,(H,23,24). The maximum Gasteiger partial charge on any atom is 0.426 e. The third kappa shape index (κ3) is 4.03. The fraction of sp³-hybridized carbons (Fsp3) is 0.0556. The molecule has 0 fully saturated rings. The largest absolute Gasteiger partial charge is 0.426 e. The monoisotopic (exact) mass is 381 g/mol. The molecule has 3 aromatic rings. The molecule has 0 aliphatic rings. The van der Waals surface area contributed by atoms with Crippen LogP contribution in [0.15, 0.2) is 60.7 Å². The molecule has 0 bridgehead atoms. The highest BCUT2D eigenvalue weighted by Crippen LogP contribution is 2.42. The molecule has 2 aromatic carbocycles. The molecule has 1 amide bonds. The van der Waals surface area contributed by atoms with Gasteiger partial charge in [0.25, 0.3) is 5.91 Å². The van der Waals surface area contributed by atoms with E-state index < -0.39 is 17.0 Å². The van der Waals surface area contributed by atoms with Crippen molar-refractivity contribution in [3.8, 4) is 11.1 Å². The molecule has 0 aliphatic carbocycles. The highest BCUT2D eigenvalue weighted by molar-refractivity contribution is 7.14. The van der Waals surface area contributed by atoms with Gasteiger partial charge >= 0.3 is 6.18 Å². The highest BCUT2D eigenvalue weighted by Gasteiger charge is 2.37. The quantitative estimate of drug-likeness (QED) is 0.563. The predicted octanol–water partition coefficient (Wildman–Crippen LogP) is 6.34.